The maximum absolute atomic E-state index is 11.8. The van der Waals surface area contributed by atoms with Gasteiger partial charge in [-0.2, -0.15) is 5.10 Å². The first-order valence-corrected chi connectivity index (χ1v) is 5.22. The summed E-state index contributed by atoms with van der Waals surface area (Å²) < 4.78 is 1.52. The molecule has 88 valence electrons. The maximum Gasteiger partial charge on any atom is 0.258 e. The molecule has 0 aliphatic carbocycles. The highest BCUT2D eigenvalue weighted by Gasteiger charge is 2.10. The van der Waals surface area contributed by atoms with E-state index in [1.807, 2.05) is 0 Å². The van der Waals surface area contributed by atoms with Gasteiger partial charge in [-0.3, -0.25) is 9.48 Å². The highest BCUT2D eigenvalue weighted by Crippen LogP contribution is 2.26. The van der Waals surface area contributed by atoms with Crippen LogP contribution in [0.4, 0.5) is 5.69 Å². The predicted octanol–water partition coefficient (Wildman–Crippen LogP) is 2.03. The fourth-order valence-corrected chi connectivity index (χ4v) is 1.51. The van der Waals surface area contributed by atoms with Gasteiger partial charge in [0.15, 0.2) is 0 Å². The highest BCUT2D eigenvalue weighted by atomic mass is 35.5. The molecule has 1 aromatic heterocycles. The first kappa shape index (κ1) is 11.5. The molecule has 2 N–H and O–H groups in total. The van der Waals surface area contributed by atoms with Crippen LogP contribution in [-0.4, -0.2) is 20.8 Å². The number of hydrogen-bond donors (Lipinski definition) is 2. The number of phenols is 1. The van der Waals surface area contributed by atoms with E-state index in [9.17, 15) is 9.90 Å². The van der Waals surface area contributed by atoms with E-state index in [1.165, 1.54) is 29.1 Å². The minimum atomic E-state index is -0.351. The number of rotatable bonds is 2. The third-order valence-corrected chi connectivity index (χ3v) is 2.41. The lowest BCUT2D eigenvalue weighted by Gasteiger charge is -2.06. The Kier molecular flexibility index (Phi) is 3.01. The molecule has 0 atom stereocenters. The van der Waals surface area contributed by atoms with Gasteiger partial charge in [0.05, 0.1) is 17.4 Å². The Balaban J connectivity index is 2.21. The van der Waals surface area contributed by atoms with E-state index in [1.54, 1.807) is 13.2 Å². The van der Waals surface area contributed by atoms with Crippen molar-refractivity contribution in [1.82, 2.24) is 9.78 Å². The molecule has 1 amide bonds. The van der Waals surface area contributed by atoms with Crippen molar-refractivity contribution < 1.29 is 9.90 Å². The van der Waals surface area contributed by atoms with Crippen LogP contribution < -0.4 is 5.32 Å². The van der Waals surface area contributed by atoms with Crippen LogP contribution in [0.3, 0.4) is 0 Å². The zero-order valence-corrected chi connectivity index (χ0v) is 9.77. The summed E-state index contributed by atoms with van der Waals surface area (Å²) in [5.74, 6) is -0.387. The van der Waals surface area contributed by atoms with E-state index in [-0.39, 0.29) is 17.3 Å². The molecule has 0 radical (unpaired) electrons. The summed E-state index contributed by atoms with van der Waals surface area (Å²) in [6.07, 6.45) is 3.02. The number of nitrogens with one attached hydrogen (secondary N) is 1. The summed E-state index contributed by atoms with van der Waals surface area (Å²) in [4.78, 5) is 11.8. The van der Waals surface area contributed by atoms with E-state index in [0.717, 1.165) is 0 Å². The molecule has 1 aromatic carbocycles. The fourth-order valence-electron chi connectivity index (χ4n) is 1.34. The first-order chi connectivity index (χ1) is 8.06. The van der Waals surface area contributed by atoms with Gasteiger partial charge in [0.2, 0.25) is 0 Å². The molecule has 0 spiro atoms. The largest absolute Gasteiger partial charge is 0.506 e. The van der Waals surface area contributed by atoms with Crippen molar-refractivity contribution in [2.45, 2.75) is 0 Å². The lowest BCUT2D eigenvalue weighted by atomic mass is 10.2. The molecule has 0 saturated heterocycles. The quantitative estimate of drug-likeness (QED) is 0.803. The number of anilines is 1. The van der Waals surface area contributed by atoms with Gasteiger partial charge in [0, 0.05) is 18.3 Å². The molecule has 1 heterocycles. The Bertz CT molecular complexity index is 566. The van der Waals surface area contributed by atoms with Crippen molar-refractivity contribution >= 4 is 23.2 Å². The normalized spacial score (nSPS) is 10.2. The van der Waals surface area contributed by atoms with E-state index < -0.39 is 0 Å². The van der Waals surface area contributed by atoms with Crippen molar-refractivity contribution in [2.75, 3.05) is 5.32 Å². The molecular formula is C11H10ClN3O2. The van der Waals surface area contributed by atoms with Gasteiger partial charge in [-0.05, 0) is 18.2 Å². The van der Waals surface area contributed by atoms with Crippen molar-refractivity contribution in [2.24, 2.45) is 7.05 Å². The van der Waals surface area contributed by atoms with Crippen LogP contribution in [0.15, 0.2) is 30.6 Å². The molecule has 0 fully saturated rings. The zero-order chi connectivity index (χ0) is 12.4. The molecule has 6 heteroatoms. The van der Waals surface area contributed by atoms with Gasteiger partial charge in [0.25, 0.3) is 5.91 Å². The average molecular weight is 252 g/mol. The smallest absolute Gasteiger partial charge is 0.258 e. The third-order valence-electron chi connectivity index (χ3n) is 2.17. The average Bonchev–Trinajstić information content (AvgIpc) is 2.70. The van der Waals surface area contributed by atoms with Crippen molar-refractivity contribution in [3.05, 3.63) is 41.2 Å². The van der Waals surface area contributed by atoms with Crippen LogP contribution in [0, 0.1) is 0 Å². The van der Waals surface area contributed by atoms with Crippen LogP contribution in [0.1, 0.15) is 10.4 Å². The van der Waals surface area contributed by atoms with E-state index in [4.69, 9.17) is 11.6 Å². The van der Waals surface area contributed by atoms with Gasteiger partial charge in [-0.25, -0.2) is 0 Å². The van der Waals surface area contributed by atoms with Gasteiger partial charge in [-0.15, -0.1) is 0 Å². The molecule has 0 aliphatic rings. The maximum atomic E-state index is 11.8. The van der Waals surface area contributed by atoms with Gasteiger partial charge < -0.3 is 10.4 Å². The lowest BCUT2D eigenvalue weighted by Crippen LogP contribution is -2.11. The van der Waals surface area contributed by atoms with Crippen LogP contribution in [0.5, 0.6) is 5.75 Å². The molecule has 0 saturated carbocycles. The predicted molar refractivity (Wildman–Crippen MR) is 64.3 cm³/mol. The fraction of sp³-hybridized carbons (Fsp3) is 0.0909. The highest BCUT2D eigenvalue weighted by molar-refractivity contribution is 6.31. The number of amides is 1. The third kappa shape index (κ3) is 2.57. The Hall–Kier alpha value is -2.01. The van der Waals surface area contributed by atoms with Crippen LogP contribution in [0.25, 0.3) is 0 Å². The number of aromatic hydroxyl groups is 1. The number of carbonyl (C=O) groups is 1. The number of nitrogens with zero attached hydrogens (tertiary/aromatic N) is 2. The number of aryl methyl sites for hydroxylation is 1. The molecule has 2 rings (SSSR count). The molecule has 5 nitrogen and oxygen atoms in total. The zero-order valence-electron chi connectivity index (χ0n) is 9.01. The Morgan fingerprint density at radius 3 is 2.94 bits per heavy atom. The summed E-state index contributed by atoms with van der Waals surface area (Å²) in [7, 11) is 1.72. The van der Waals surface area contributed by atoms with Crippen molar-refractivity contribution in [3.63, 3.8) is 0 Å². The van der Waals surface area contributed by atoms with Crippen LogP contribution in [-0.2, 0) is 7.05 Å². The summed E-state index contributed by atoms with van der Waals surface area (Å²) in [6, 6.07) is 4.43. The monoisotopic (exact) mass is 251 g/mol. The molecule has 17 heavy (non-hydrogen) atoms. The lowest BCUT2D eigenvalue weighted by molar-refractivity contribution is 0.102. The molecular weight excluding hydrogens is 242 g/mol. The Morgan fingerprint density at radius 2 is 2.29 bits per heavy atom. The Labute approximate surface area is 103 Å². The standard InChI is InChI=1S/C11H10ClN3O2/c1-15-6-7(5-13-15)11(17)14-9-4-8(12)2-3-10(9)16/h2-6,16H,1H3,(H,14,17). The summed E-state index contributed by atoms with van der Waals surface area (Å²) in [5.41, 5.74) is 0.679. The summed E-state index contributed by atoms with van der Waals surface area (Å²) in [6.45, 7) is 0. The van der Waals surface area contributed by atoms with Crippen LogP contribution >= 0.6 is 11.6 Å². The number of halogens is 1. The number of phenolic OH excluding ortho intramolecular Hbond substituents is 1. The number of benzene rings is 1. The SMILES string of the molecule is Cn1cc(C(=O)Nc2cc(Cl)ccc2O)cn1. The first-order valence-electron chi connectivity index (χ1n) is 4.85. The van der Waals surface area contributed by atoms with Gasteiger partial charge >= 0.3 is 0 Å². The van der Waals surface area contributed by atoms with E-state index in [0.29, 0.717) is 10.6 Å². The number of hydrogen-bond acceptors (Lipinski definition) is 3. The van der Waals surface area contributed by atoms with Crippen molar-refractivity contribution in [1.29, 1.82) is 0 Å². The molecule has 0 bridgehead atoms. The van der Waals surface area contributed by atoms with E-state index >= 15 is 0 Å². The summed E-state index contributed by atoms with van der Waals surface area (Å²) in [5, 5.41) is 16.4. The molecule has 0 aliphatic heterocycles. The number of aromatic nitrogens is 2. The minimum absolute atomic E-state index is 0.0355. The molecule has 0 unspecified atom stereocenters. The van der Waals surface area contributed by atoms with Gasteiger partial charge in [-0.1, -0.05) is 11.6 Å². The number of carbonyl (C=O) groups excluding carboxylic acids is 1. The van der Waals surface area contributed by atoms with Crippen LogP contribution in [0.2, 0.25) is 5.02 Å². The topological polar surface area (TPSA) is 67.2 Å². The van der Waals surface area contributed by atoms with Gasteiger partial charge in [0.1, 0.15) is 5.75 Å². The second-order valence-electron chi connectivity index (χ2n) is 3.52. The summed E-state index contributed by atoms with van der Waals surface area (Å²) >= 11 is 5.77. The minimum Gasteiger partial charge on any atom is -0.506 e. The Morgan fingerprint density at radius 1 is 1.53 bits per heavy atom. The van der Waals surface area contributed by atoms with E-state index in [2.05, 4.69) is 10.4 Å². The van der Waals surface area contributed by atoms with Crippen molar-refractivity contribution in [3.8, 4) is 5.75 Å². The second-order valence-corrected chi connectivity index (χ2v) is 3.95. The second kappa shape index (κ2) is 4.47. The molecule has 2 aromatic rings.